The van der Waals surface area contributed by atoms with Gasteiger partial charge in [-0.3, -0.25) is 14.3 Å². The number of pyridine rings is 1. The normalized spacial score (nSPS) is 14.0. The molecule has 1 aliphatic heterocycles. The van der Waals surface area contributed by atoms with E-state index in [2.05, 4.69) is 14.8 Å². The average Bonchev–Trinajstić information content (AvgIpc) is 2.84. The number of aromatic nitrogens is 3. The van der Waals surface area contributed by atoms with E-state index < -0.39 is 5.97 Å². The minimum absolute atomic E-state index is 0.210. The van der Waals surface area contributed by atoms with Gasteiger partial charge in [-0.2, -0.15) is 5.10 Å². The molecule has 1 N–H and O–H groups in total. The molecule has 2 aromatic heterocycles. The van der Waals surface area contributed by atoms with Gasteiger partial charge in [0.05, 0.1) is 19.3 Å². The molecule has 8 nitrogen and oxygen atoms in total. The Morgan fingerprint density at radius 2 is 2.04 bits per heavy atom. The summed E-state index contributed by atoms with van der Waals surface area (Å²) < 4.78 is 6.41. The highest BCUT2D eigenvalue weighted by Gasteiger charge is 2.23. The van der Waals surface area contributed by atoms with Crippen molar-refractivity contribution >= 4 is 11.9 Å². The number of H-pyrrole nitrogens is 1. The predicted molar refractivity (Wildman–Crippen MR) is 84.7 cm³/mol. The van der Waals surface area contributed by atoms with Gasteiger partial charge in [0.2, 0.25) is 5.56 Å². The lowest BCUT2D eigenvalue weighted by Gasteiger charge is -2.20. The highest BCUT2D eigenvalue weighted by molar-refractivity contribution is 5.94. The molecule has 2 aromatic rings. The van der Waals surface area contributed by atoms with Gasteiger partial charge in [-0.25, -0.2) is 4.79 Å². The lowest BCUT2D eigenvalue weighted by molar-refractivity contribution is 0.0593. The number of fused-ring (bicyclic) bond motifs is 1. The van der Waals surface area contributed by atoms with Gasteiger partial charge < -0.3 is 14.6 Å². The van der Waals surface area contributed by atoms with Crippen LogP contribution < -0.4 is 5.56 Å². The maximum atomic E-state index is 12.7. The summed E-state index contributed by atoms with van der Waals surface area (Å²) in [6.07, 6.45) is 0.712. The predicted octanol–water partition coefficient (Wildman–Crippen LogP) is 0.713. The fraction of sp³-hybridized carbons (Fsp3) is 0.375. The van der Waals surface area contributed by atoms with Gasteiger partial charge >= 0.3 is 5.97 Å². The molecule has 0 bridgehead atoms. The lowest BCUT2D eigenvalue weighted by atomic mass is 10.2. The van der Waals surface area contributed by atoms with Crippen LogP contribution in [0.15, 0.2) is 23.0 Å². The molecule has 0 unspecified atom stereocenters. The summed E-state index contributed by atoms with van der Waals surface area (Å²) in [5.74, 6) is -0.711. The molecule has 0 saturated carbocycles. The number of esters is 1. The van der Waals surface area contributed by atoms with Crippen molar-refractivity contribution in [3.05, 3.63) is 51.2 Å². The van der Waals surface area contributed by atoms with Crippen molar-refractivity contribution in [2.24, 2.45) is 0 Å². The Labute approximate surface area is 138 Å². The number of carbonyl (C=O) groups excluding carboxylic acids is 2. The van der Waals surface area contributed by atoms with E-state index in [9.17, 15) is 14.4 Å². The van der Waals surface area contributed by atoms with Crippen LogP contribution in [0.25, 0.3) is 0 Å². The van der Waals surface area contributed by atoms with Gasteiger partial charge in [0, 0.05) is 30.4 Å². The second-order valence-corrected chi connectivity index (χ2v) is 5.73. The monoisotopic (exact) mass is 330 g/mol. The van der Waals surface area contributed by atoms with E-state index in [0.717, 1.165) is 5.69 Å². The molecule has 0 spiro atoms. The van der Waals surface area contributed by atoms with Crippen molar-refractivity contribution in [3.8, 4) is 0 Å². The highest BCUT2D eigenvalue weighted by Crippen LogP contribution is 2.16. The third-order valence-corrected chi connectivity index (χ3v) is 3.92. The Bertz CT molecular complexity index is 852. The van der Waals surface area contributed by atoms with Gasteiger partial charge in [0.25, 0.3) is 5.91 Å². The molecule has 0 radical (unpaired) electrons. The number of hydrogen-bond acceptors (Lipinski definition) is 5. The summed E-state index contributed by atoms with van der Waals surface area (Å²) in [5, 5.41) is 4.23. The zero-order valence-corrected chi connectivity index (χ0v) is 13.5. The minimum atomic E-state index is -0.501. The van der Waals surface area contributed by atoms with Crippen LogP contribution in [0.4, 0.5) is 0 Å². The number of amides is 1. The zero-order valence-electron chi connectivity index (χ0n) is 13.5. The van der Waals surface area contributed by atoms with E-state index in [1.807, 2.05) is 0 Å². The molecule has 0 aromatic carbocycles. The number of rotatable bonds is 2. The Hall–Kier alpha value is -2.90. The third-order valence-electron chi connectivity index (χ3n) is 3.92. The summed E-state index contributed by atoms with van der Waals surface area (Å²) >= 11 is 0. The number of nitrogens with one attached hydrogen (secondary N) is 1. The van der Waals surface area contributed by atoms with E-state index in [-0.39, 0.29) is 17.2 Å². The SMILES string of the molecule is COC(=O)c1cc2n(n1)CCCN(C(=O)c1cc(C)[nH]c(=O)c1)C2. The van der Waals surface area contributed by atoms with Gasteiger partial charge in [0.15, 0.2) is 5.69 Å². The van der Waals surface area contributed by atoms with Crippen LogP contribution in [0.5, 0.6) is 0 Å². The maximum absolute atomic E-state index is 12.7. The summed E-state index contributed by atoms with van der Waals surface area (Å²) in [6.45, 7) is 3.24. The largest absolute Gasteiger partial charge is 0.464 e. The summed E-state index contributed by atoms with van der Waals surface area (Å²) in [6, 6.07) is 4.60. The van der Waals surface area contributed by atoms with Crippen LogP contribution in [-0.2, 0) is 17.8 Å². The van der Waals surface area contributed by atoms with Crippen molar-refractivity contribution in [3.63, 3.8) is 0 Å². The molecule has 3 rings (SSSR count). The van der Waals surface area contributed by atoms with Crippen LogP contribution >= 0.6 is 0 Å². The number of aromatic amines is 1. The summed E-state index contributed by atoms with van der Waals surface area (Å²) in [5.41, 5.74) is 1.69. The molecule has 1 aliphatic rings. The van der Waals surface area contributed by atoms with Crippen LogP contribution in [0, 0.1) is 6.92 Å². The second kappa shape index (κ2) is 6.31. The van der Waals surface area contributed by atoms with Gasteiger partial charge in [-0.15, -0.1) is 0 Å². The van der Waals surface area contributed by atoms with E-state index >= 15 is 0 Å². The first-order valence-corrected chi connectivity index (χ1v) is 7.63. The van der Waals surface area contributed by atoms with E-state index in [1.165, 1.54) is 13.2 Å². The maximum Gasteiger partial charge on any atom is 0.358 e. The molecule has 0 fully saturated rings. The number of nitrogens with zero attached hydrogens (tertiary/aromatic N) is 3. The molecular weight excluding hydrogens is 312 g/mol. The van der Waals surface area contributed by atoms with E-state index in [4.69, 9.17) is 0 Å². The third kappa shape index (κ3) is 3.08. The molecule has 0 saturated heterocycles. The first kappa shape index (κ1) is 16.0. The fourth-order valence-corrected chi connectivity index (χ4v) is 2.83. The Morgan fingerprint density at radius 3 is 2.75 bits per heavy atom. The first-order chi connectivity index (χ1) is 11.5. The van der Waals surface area contributed by atoms with Gasteiger partial charge in [-0.05, 0) is 25.5 Å². The van der Waals surface area contributed by atoms with Crippen molar-refractivity contribution in [1.29, 1.82) is 0 Å². The molecule has 24 heavy (non-hydrogen) atoms. The van der Waals surface area contributed by atoms with Crippen molar-refractivity contribution in [2.45, 2.75) is 26.4 Å². The van der Waals surface area contributed by atoms with Crippen LogP contribution in [0.3, 0.4) is 0 Å². The lowest BCUT2D eigenvalue weighted by Crippen LogP contribution is -2.31. The second-order valence-electron chi connectivity index (χ2n) is 5.73. The molecule has 126 valence electrons. The van der Waals surface area contributed by atoms with Crippen LogP contribution in [-0.4, -0.2) is 45.2 Å². The standard InChI is InChI=1S/C16H18N4O4/c1-10-6-11(7-14(21)17-10)15(22)19-4-3-5-20-12(9-19)8-13(18-20)16(23)24-2/h6-8H,3-5,9H2,1-2H3,(H,17,21). The quantitative estimate of drug-likeness (QED) is 0.818. The van der Waals surface area contributed by atoms with Crippen molar-refractivity contribution in [1.82, 2.24) is 19.7 Å². The highest BCUT2D eigenvalue weighted by atomic mass is 16.5. The van der Waals surface area contributed by atoms with E-state index in [0.29, 0.717) is 37.3 Å². The van der Waals surface area contributed by atoms with Crippen molar-refractivity contribution < 1.29 is 14.3 Å². The molecule has 8 heteroatoms. The molecule has 1 amide bonds. The van der Waals surface area contributed by atoms with Gasteiger partial charge in [-0.1, -0.05) is 0 Å². The molecule has 3 heterocycles. The number of aryl methyl sites for hydroxylation is 2. The number of methoxy groups -OCH3 is 1. The number of hydrogen-bond donors (Lipinski definition) is 1. The van der Waals surface area contributed by atoms with Crippen LogP contribution in [0.1, 0.15) is 38.7 Å². The summed E-state index contributed by atoms with van der Waals surface area (Å²) in [7, 11) is 1.30. The number of carbonyl (C=O) groups is 2. The van der Waals surface area contributed by atoms with E-state index in [1.54, 1.807) is 28.6 Å². The zero-order chi connectivity index (χ0) is 17.3. The fourth-order valence-electron chi connectivity index (χ4n) is 2.83. The smallest absolute Gasteiger partial charge is 0.358 e. The van der Waals surface area contributed by atoms with Gasteiger partial charge in [0.1, 0.15) is 0 Å². The van der Waals surface area contributed by atoms with Crippen LogP contribution in [0.2, 0.25) is 0 Å². The Morgan fingerprint density at radius 1 is 1.25 bits per heavy atom. The van der Waals surface area contributed by atoms with Crippen molar-refractivity contribution in [2.75, 3.05) is 13.7 Å². The summed E-state index contributed by atoms with van der Waals surface area (Å²) in [4.78, 5) is 40.2. The Kier molecular flexibility index (Phi) is 4.20. The number of ether oxygens (including phenoxy) is 1. The molecule has 0 atom stereocenters. The minimum Gasteiger partial charge on any atom is -0.464 e. The first-order valence-electron chi connectivity index (χ1n) is 7.63. The molecular formula is C16H18N4O4. The Balaban J connectivity index is 1.87. The average molecular weight is 330 g/mol. The topological polar surface area (TPSA) is 97.3 Å². The molecule has 0 aliphatic carbocycles.